The van der Waals surface area contributed by atoms with Gasteiger partial charge >= 0.3 is 11.9 Å². The predicted octanol–water partition coefficient (Wildman–Crippen LogP) is 3.30. The highest BCUT2D eigenvalue weighted by molar-refractivity contribution is 5.97. The van der Waals surface area contributed by atoms with Crippen LogP contribution in [0.25, 0.3) is 16.5 Å². The summed E-state index contributed by atoms with van der Waals surface area (Å²) < 4.78 is 0. The summed E-state index contributed by atoms with van der Waals surface area (Å²) in [6.07, 6.45) is 3.19. The fourth-order valence-corrected chi connectivity index (χ4v) is 2.98. The molecule has 5 nitrogen and oxygen atoms in total. The highest BCUT2D eigenvalue weighted by Crippen LogP contribution is 2.42. The monoisotopic (exact) mass is 311 g/mol. The molecule has 0 saturated heterocycles. The number of rotatable bonds is 3. The minimum Gasteiger partial charge on any atom is -0.481 e. The van der Waals surface area contributed by atoms with Crippen molar-refractivity contribution in [3.05, 3.63) is 53.8 Å². The highest BCUT2D eigenvalue weighted by atomic mass is 16.4. The van der Waals surface area contributed by atoms with Crippen LogP contribution in [0.5, 0.6) is 0 Å². The molecule has 1 aliphatic carbocycles. The third kappa shape index (κ3) is 2.34. The first-order valence-electron chi connectivity index (χ1n) is 7.32. The molecule has 118 valence electrons. The molecule has 0 amide bonds. The van der Waals surface area contributed by atoms with Crippen LogP contribution in [0.3, 0.4) is 0 Å². The summed E-state index contributed by atoms with van der Waals surface area (Å²) in [5, 5.41) is 20.0. The summed E-state index contributed by atoms with van der Waals surface area (Å²) in [6, 6.07) is 9.58. The number of fused-ring (bicyclic) bond motifs is 1. The van der Waals surface area contributed by atoms with Crippen molar-refractivity contribution >= 4 is 28.4 Å². The van der Waals surface area contributed by atoms with Crippen LogP contribution >= 0.6 is 0 Å². The molecule has 0 radical (unpaired) electrons. The van der Waals surface area contributed by atoms with Gasteiger partial charge in [0.05, 0.1) is 5.41 Å². The molecule has 0 saturated carbocycles. The standard InChI is InChI=1S/C18H17NO4/c1-10-13(16(20)21)7-12(9-18(10,2)17(22)23)15-8-11-5-3-4-6-14(11)19-15/h3-10,19H,1-2H3,(H,20,21)(H,22,23). The van der Waals surface area contributed by atoms with Crippen molar-refractivity contribution in [3.8, 4) is 0 Å². The van der Waals surface area contributed by atoms with Crippen LogP contribution in [-0.4, -0.2) is 27.1 Å². The number of hydrogen-bond acceptors (Lipinski definition) is 2. The Hall–Kier alpha value is -2.82. The molecular weight excluding hydrogens is 294 g/mol. The SMILES string of the molecule is CC1C(C(=O)O)=CC(c2cc3ccccc3[nH]2)=CC1(C)C(=O)O. The second kappa shape index (κ2) is 5.12. The zero-order valence-electron chi connectivity index (χ0n) is 12.8. The van der Waals surface area contributed by atoms with Gasteiger partial charge in [0.15, 0.2) is 0 Å². The van der Waals surface area contributed by atoms with Crippen molar-refractivity contribution < 1.29 is 19.8 Å². The number of aromatic nitrogens is 1. The summed E-state index contributed by atoms with van der Waals surface area (Å²) in [4.78, 5) is 26.5. The Kier molecular flexibility index (Phi) is 3.36. The number of aliphatic carboxylic acids is 2. The minimum absolute atomic E-state index is 0.103. The quantitative estimate of drug-likeness (QED) is 0.811. The fraction of sp³-hybridized carbons (Fsp3) is 0.222. The van der Waals surface area contributed by atoms with Crippen molar-refractivity contribution in [2.24, 2.45) is 11.3 Å². The molecule has 0 bridgehead atoms. The Bertz CT molecular complexity index is 841. The summed E-state index contributed by atoms with van der Waals surface area (Å²) in [5.74, 6) is -2.75. The first-order valence-corrected chi connectivity index (χ1v) is 7.32. The summed E-state index contributed by atoms with van der Waals surface area (Å²) in [6.45, 7) is 3.19. The summed E-state index contributed by atoms with van der Waals surface area (Å²) >= 11 is 0. The number of hydrogen-bond donors (Lipinski definition) is 3. The molecule has 5 heteroatoms. The maximum Gasteiger partial charge on any atom is 0.331 e. The first kappa shape index (κ1) is 15.1. The number of carbonyl (C=O) groups is 2. The number of H-pyrrole nitrogens is 1. The van der Waals surface area contributed by atoms with Gasteiger partial charge in [0.25, 0.3) is 0 Å². The van der Waals surface area contributed by atoms with E-state index in [0.717, 1.165) is 10.9 Å². The van der Waals surface area contributed by atoms with Crippen molar-refractivity contribution in [2.45, 2.75) is 13.8 Å². The van der Waals surface area contributed by atoms with Crippen molar-refractivity contribution in [3.63, 3.8) is 0 Å². The fourth-order valence-electron chi connectivity index (χ4n) is 2.98. The third-order valence-electron chi connectivity index (χ3n) is 4.68. The van der Waals surface area contributed by atoms with Gasteiger partial charge in [-0.25, -0.2) is 4.79 Å². The molecule has 1 aromatic heterocycles. The Balaban J connectivity index is 2.19. The third-order valence-corrected chi connectivity index (χ3v) is 4.68. The number of benzene rings is 1. The van der Waals surface area contributed by atoms with Gasteiger partial charge in [-0.3, -0.25) is 4.79 Å². The van der Waals surface area contributed by atoms with E-state index in [1.54, 1.807) is 26.0 Å². The highest BCUT2D eigenvalue weighted by Gasteiger charge is 2.43. The minimum atomic E-state index is -1.27. The maximum absolute atomic E-state index is 11.7. The van der Waals surface area contributed by atoms with E-state index in [2.05, 4.69) is 4.98 Å². The lowest BCUT2D eigenvalue weighted by atomic mass is 9.69. The number of allylic oxidation sites excluding steroid dienone is 2. The molecule has 0 aliphatic heterocycles. The van der Waals surface area contributed by atoms with Crippen molar-refractivity contribution in [1.29, 1.82) is 0 Å². The maximum atomic E-state index is 11.7. The van der Waals surface area contributed by atoms with Crippen LogP contribution in [0.4, 0.5) is 0 Å². The molecule has 1 aliphatic rings. The van der Waals surface area contributed by atoms with Crippen LogP contribution < -0.4 is 0 Å². The lowest BCUT2D eigenvalue weighted by Gasteiger charge is -2.33. The zero-order chi connectivity index (χ0) is 16.8. The van der Waals surface area contributed by atoms with Crippen molar-refractivity contribution in [1.82, 2.24) is 4.98 Å². The van der Waals surface area contributed by atoms with Gasteiger partial charge in [0.1, 0.15) is 0 Å². The number of aromatic amines is 1. The molecular formula is C18H17NO4. The van der Waals surface area contributed by atoms with Crippen LogP contribution in [0.1, 0.15) is 19.5 Å². The second-order valence-corrected chi connectivity index (χ2v) is 6.08. The molecule has 0 spiro atoms. The van der Waals surface area contributed by atoms with Crippen molar-refractivity contribution in [2.75, 3.05) is 0 Å². The summed E-state index contributed by atoms with van der Waals surface area (Å²) in [5.41, 5.74) is 1.05. The van der Waals surface area contributed by atoms with Gasteiger partial charge in [0, 0.05) is 28.1 Å². The number of carboxylic acids is 2. The first-order chi connectivity index (χ1) is 10.8. The largest absolute Gasteiger partial charge is 0.481 e. The Labute approximate surface area is 132 Å². The van der Waals surface area contributed by atoms with Gasteiger partial charge in [-0.1, -0.05) is 31.2 Å². The van der Waals surface area contributed by atoms with E-state index in [9.17, 15) is 19.8 Å². The molecule has 2 unspecified atom stereocenters. The van der Waals surface area contributed by atoms with E-state index < -0.39 is 23.3 Å². The molecule has 3 rings (SSSR count). The van der Waals surface area contributed by atoms with Crippen LogP contribution in [0, 0.1) is 11.3 Å². The Morgan fingerprint density at radius 3 is 2.52 bits per heavy atom. The van der Waals surface area contributed by atoms with Crippen LogP contribution in [0.15, 0.2) is 48.1 Å². The normalized spacial score (nSPS) is 24.2. The van der Waals surface area contributed by atoms with E-state index in [1.165, 1.54) is 0 Å². The lowest BCUT2D eigenvalue weighted by molar-refractivity contribution is -0.147. The Morgan fingerprint density at radius 2 is 1.91 bits per heavy atom. The van der Waals surface area contributed by atoms with Gasteiger partial charge in [-0.2, -0.15) is 0 Å². The van der Waals surface area contributed by atoms with E-state index >= 15 is 0 Å². The molecule has 0 fully saturated rings. The molecule has 2 atom stereocenters. The van der Waals surface area contributed by atoms with Gasteiger partial charge < -0.3 is 15.2 Å². The van der Waals surface area contributed by atoms with Crippen LogP contribution in [0.2, 0.25) is 0 Å². The second-order valence-electron chi connectivity index (χ2n) is 6.08. The Morgan fingerprint density at radius 1 is 1.22 bits per heavy atom. The number of carboxylic acid groups (broad SMARTS) is 2. The van der Waals surface area contributed by atoms with Gasteiger partial charge in [-0.05, 0) is 30.7 Å². The molecule has 1 aromatic carbocycles. The number of nitrogens with one attached hydrogen (secondary N) is 1. The van der Waals surface area contributed by atoms with E-state index in [4.69, 9.17) is 0 Å². The smallest absolute Gasteiger partial charge is 0.331 e. The van der Waals surface area contributed by atoms with Gasteiger partial charge in [-0.15, -0.1) is 0 Å². The molecule has 23 heavy (non-hydrogen) atoms. The van der Waals surface area contributed by atoms with E-state index in [0.29, 0.717) is 11.3 Å². The van der Waals surface area contributed by atoms with E-state index in [-0.39, 0.29) is 5.57 Å². The average Bonchev–Trinajstić information content (AvgIpc) is 2.93. The van der Waals surface area contributed by atoms with Crippen LogP contribution in [-0.2, 0) is 9.59 Å². The molecule has 3 N–H and O–H groups in total. The summed E-state index contributed by atoms with van der Waals surface area (Å²) in [7, 11) is 0. The zero-order valence-corrected chi connectivity index (χ0v) is 12.8. The van der Waals surface area contributed by atoms with Gasteiger partial charge in [0.2, 0.25) is 0 Å². The lowest BCUT2D eigenvalue weighted by Crippen LogP contribution is -2.37. The topological polar surface area (TPSA) is 90.4 Å². The number of para-hydroxylation sites is 1. The molecule has 2 aromatic rings. The molecule has 1 heterocycles. The predicted molar refractivity (Wildman–Crippen MR) is 86.9 cm³/mol. The average molecular weight is 311 g/mol. The van der Waals surface area contributed by atoms with E-state index in [1.807, 2.05) is 30.3 Å².